The van der Waals surface area contributed by atoms with Crippen molar-refractivity contribution < 1.29 is 4.74 Å². The van der Waals surface area contributed by atoms with E-state index in [0.29, 0.717) is 0 Å². The first kappa shape index (κ1) is 10.9. The summed E-state index contributed by atoms with van der Waals surface area (Å²) in [7, 11) is 0. The lowest BCUT2D eigenvalue weighted by molar-refractivity contribution is 0.0000296. The van der Waals surface area contributed by atoms with Gasteiger partial charge in [-0.1, -0.05) is 29.8 Å². The maximum atomic E-state index is 6.16. The normalized spacial score (nSPS) is 23.7. The van der Waals surface area contributed by atoms with E-state index in [-0.39, 0.29) is 12.1 Å². The van der Waals surface area contributed by atoms with Crippen LogP contribution in [0.15, 0.2) is 24.3 Å². The van der Waals surface area contributed by atoms with Crippen molar-refractivity contribution in [1.82, 2.24) is 0 Å². The van der Waals surface area contributed by atoms with Crippen LogP contribution >= 0.6 is 11.6 Å². The van der Waals surface area contributed by atoms with E-state index in [1.54, 1.807) is 0 Å². The highest BCUT2D eigenvalue weighted by Gasteiger charge is 2.23. The number of nitrogens with two attached hydrogens (primary N) is 1. The summed E-state index contributed by atoms with van der Waals surface area (Å²) in [6, 6.07) is 7.63. The third-order valence-electron chi connectivity index (χ3n) is 2.88. The molecule has 1 aliphatic heterocycles. The van der Waals surface area contributed by atoms with E-state index in [4.69, 9.17) is 22.1 Å². The summed E-state index contributed by atoms with van der Waals surface area (Å²) < 4.78 is 5.67. The molecule has 2 nitrogen and oxygen atoms in total. The lowest BCUT2D eigenvalue weighted by atomic mass is 9.96. The summed E-state index contributed by atoms with van der Waals surface area (Å²) >= 11 is 6.10. The van der Waals surface area contributed by atoms with Crippen LogP contribution in [-0.4, -0.2) is 12.7 Å². The molecule has 82 valence electrons. The molecular weight excluding hydrogens is 210 g/mol. The zero-order chi connectivity index (χ0) is 10.7. The molecule has 0 spiro atoms. The van der Waals surface area contributed by atoms with Gasteiger partial charge in [0, 0.05) is 11.6 Å². The molecular formula is C12H16ClNO. The first-order chi connectivity index (χ1) is 7.29. The van der Waals surface area contributed by atoms with Gasteiger partial charge in [0.15, 0.2) is 0 Å². The third-order valence-corrected chi connectivity index (χ3v) is 3.22. The molecule has 1 saturated heterocycles. The molecule has 1 fully saturated rings. The van der Waals surface area contributed by atoms with Gasteiger partial charge in [-0.15, -0.1) is 0 Å². The highest BCUT2D eigenvalue weighted by Crippen LogP contribution is 2.28. The van der Waals surface area contributed by atoms with Gasteiger partial charge in [-0.2, -0.15) is 0 Å². The quantitative estimate of drug-likeness (QED) is 0.840. The van der Waals surface area contributed by atoms with Crippen molar-refractivity contribution in [1.29, 1.82) is 0 Å². The number of hydrogen-bond donors (Lipinski definition) is 1. The fourth-order valence-corrected chi connectivity index (χ4v) is 2.26. The Labute approximate surface area is 95.4 Å². The van der Waals surface area contributed by atoms with Crippen LogP contribution in [-0.2, 0) is 4.74 Å². The van der Waals surface area contributed by atoms with Crippen LogP contribution < -0.4 is 5.73 Å². The van der Waals surface area contributed by atoms with E-state index in [1.165, 1.54) is 6.42 Å². The maximum Gasteiger partial charge on any atom is 0.0768 e. The second-order valence-corrected chi connectivity index (χ2v) is 4.36. The van der Waals surface area contributed by atoms with Crippen molar-refractivity contribution in [3.63, 3.8) is 0 Å². The van der Waals surface area contributed by atoms with Gasteiger partial charge in [0.05, 0.1) is 12.1 Å². The average Bonchev–Trinajstić information content (AvgIpc) is 2.30. The fraction of sp³-hybridized carbons (Fsp3) is 0.500. The van der Waals surface area contributed by atoms with Gasteiger partial charge in [-0.25, -0.2) is 0 Å². The van der Waals surface area contributed by atoms with Crippen LogP contribution in [0.4, 0.5) is 0 Å². The van der Waals surface area contributed by atoms with Gasteiger partial charge in [0.25, 0.3) is 0 Å². The monoisotopic (exact) mass is 225 g/mol. The fourth-order valence-electron chi connectivity index (χ4n) is 1.99. The first-order valence-electron chi connectivity index (χ1n) is 5.40. The number of rotatable bonds is 2. The Kier molecular flexibility index (Phi) is 3.62. The van der Waals surface area contributed by atoms with Crippen molar-refractivity contribution in [2.75, 3.05) is 6.61 Å². The largest absolute Gasteiger partial charge is 0.376 e. The van der Waals surface area contributed by atoms with Crippen molar-refractivity contribution in [3.8, 4) is 0 Å². The topological polar surface area (TPSA) is 35.2 Å². The van der Waals surface area contributed by atoms with Crippen LogP contribution in [0.3, 0.4) is 0 Å². The van der Waals surface area contributed by atoms with Gasteiger partial charge in [0.1, 0.15) is 0 Å². The molecule has 0 saturated carbocycles. The molecule has 3 heteroatoms. The number of hydrogen-bond acceptors (Lipinski definition) is 2. The molecule has 0 aliphatic carbocycles. The molecule has 2 rings (SSSR count). The zero-order valence-electron chi connectivity index (χ0n) is 8.66. The van der Waals surface area contributed by atoms with Crippen molar-refractivity contribution in [2.24, 2.45) is 5.73 Å². The van der Waals surface area contributed by atoms with E-state index in [2.05, 4.69) is 0 Å². The molecule has 0 radical (unpaired) electrons. The van der Waals surface area contributed by atoms with E-state index in [1.807, 2.05) is 24.3 Å². The minimum Gasteiger partial charge on any atom is -0.376 e. The molecule has 1 aromatic rings. The number of halogens is 1. The molecule has 0 amide bonds. The second kappa shape index (κ2) is 4.97. The number of benzene rings is 1. The van der Waals surface area contributed by atoms with E-state index in [9.17, 15) is 0 Å². The summed E-state index contributed by atoms with van der Waals surface area (Å²) in [5.74, 6) is 0. The van der Waals surface area contributed by atoms with Crippen LogP contribution in [0.5, 0.6) is 0 Å². The Bertz CT molecular complexity index is 323. The smallest absolute Gasteiger partial charge is 0.0768 e. The van der Waals surface area contributed by atoms with Crippen LogP contribution in [0, 0.1) is 0 Å². The lowest BCUT2D eigenvalue weighted by Crippen LogP contribution is -2.32. The van der Waals surface area contributed by atoms with Gasteiger partial charge in [-0.3, -0.25) is 0 Å². The molecule has 15 heavy (non-hydrogen) atoms. The standard InChI is InChI=1S/C12H16ClNO/c13-10-6-2-1-5-9(10)12(14)11-7-3-4-8-15-11/h1-2,5-6,11-12H,3-4,7-8,14H2. The molecule has 1 heterocycles. The third kappa shape index (κ3) is 2.51. The van der Waals surface area contributed by atoms with Crippen LogP contribution in [0.25, 0.3) is 0 Å². The highest BCUT2D eigenvalue weighted by molar-refractivity contribution is 6.31. The molecule has 0 bridgehead atoms. The predicted octanol–water partition coefficient (Wildman–Crippen LogP) is 2.91. The summed E-state index contributed by atoms with van der Waals surface area (Å²) in [6.07, 6.45) is 3.50. The Morgan fingerprint density at radius 2 is 2.13 bits per heavy atom. The van der Waals surface area contributed by atoms with Crippen molar-refractivity contribution in [2.45, 2.75) is 31.4 Å². The lowest BCUT2D eigenvalue weighted by Gasteiger charge is -2.28. The Hall–Kier alpha value is -0.570. The number of ether oxygens (including phenoxy) is 1. The van der Waals surface area contributed by atoms with Gasteiger partial charge in [-0.05, 0) is 30.9 Å². The molecule has 1 aromatic carbocycles. The average molecular weight is 226 g/mol. The second-order valence-electron chi connectivity index (χ2n) is 3.95. The Balaban J connectivity index is 2.12. The summed E-state index contributed by atoms with van der Waals surface area (Å²) in [6.45, 7) is 0.822. The molecule has 2 atom stereocenters. The van der Waals surface area contributed by atoms with Gasteiger partial charge >= 0.3 is 0 Å². The van der Waals surface area contributed by atoms with Crippen molar-refractivity contribution >= 4 is 11.6 Å². The summed E-state index contributed by atoms with van der Waals surface area (Å²) in [5.41, 5.74) is 7.15. The molecule has 2 N–H and O–H groups in total. The highest BCUT2D eigenvalue weighted by atomic mass is 35.5. The van der Waals surface area contributed by atoms with Crippen LogP contribution in [0.1, 0.15) is 30.9 Å². The SMILES string of the molecule is NC(c1ccccc1Cl)C1CCCCO1. The molecule has 0 aromatic heterocycles. The van der Waals surface area contributed by atoms with E-state index >= 15 is 0 Å². The van der Waals surface area contributed by atoms with Crippen molar-refractivity contribution in [3.05, 3.63) is 34.9 Å². The van der Waals surface area contributed by atoms with E-state index < -0.39 is 0 Å². The predicted molar refractivity (Wildman–Crippen MR) is 62.0 cm³/mol. The first-order valence-corrected chi connectivity index (χ1v) is 5.78. The Morgan fingerprint density at radius 3 is 2.80 bits per heavy atom. The summed E-state index contributed by atoms with van der Waals surface area (Å²) in [4.78, 5) is 0. The minimum atomic E-state index is -0.0981. The zero-order valence-corrected chi connectivity index (χ0v) is 9.41. The van der Waals surface area contributed by atoms with Crippen LogP contribution in [0.2, 0.25) is 5.02 Å². The summed E-state index contributed by atoms with van der Waals surface area (Å²) in [5, 5.41) is 0.735. The van der Waals surface area contributed by atoms with Gasteiger partial charge < -0.3 is 10.5 Å². The molecule has 1 aliphatic rings. The molecule has 2 unspecified atom stereocenters. The Morgan fingerprint density at radius 1 is 1.33 bits per heavy atom. The van der Waals surface area contributed by atoms with E-state index in [0.717, 1.165) is 30.0 Å². The maximum absolute atomic E-state index is 6.16. The van der Waals surface area contributed by atoms with Gasteiger partial charge in [0.2, 0.25) is 0 Å². The minimum absolute atomic E-state index is 0.0981.